The average molecular weight is 522 g/mol. The molecule has 3 fully saturated rings. The Morgan fingerprint density at radius 1 is 1.00 bits per heavy atom. The number of ether oxygens (including phenoxy) is 2. The van der Waals surface area contributed by atoms with Crippen LogP contribution in [-0.2, 0) is 19.1 Å². The van der Waals surface area contributed by atoms with E-state index in [0.29, 0.717) is 11.5 Å². The molecule has 1 unspecified atom stereocenters. The lowest BCUT2D eigenvalue weighted by Crippen LogP contribution is -2.62. The zero-order valence-electron chi connectivity index (χ0n) is 24.1. The van der Waals surface area contributed by atoms with Gasteiger partial charge < -0.3 is 15.2 Å². The summed E-state index contributed by atoms with van der Waals surface area (Å²) in [6, 6.07) is 0. The lowest BCUT2D eigenvalue weighted by atomic mass is 9.34. The third kappa shape index (κ3) is 3.47. The number of ketones is 1. The molecule has 0 aromatic carbocycles. The molecule has 6 atom stereocenters. The third-order valence-electron chi connectivity index (χ3n) is 11.9. The number of fused-ring (bicyclic) bond motifs is 7. The number of primary amides is 1. The molecule has 3 saturated carbocycles. The molecule has 0 bridgehead atoms. The van der Waals surface area contributed by atoms with Gasteiger partial charge in [0, 0.05) is 16.4 Å². The molecule has 0 aromatic rings. The minimum atomic E-state index is -0.854. The van der Waals surface area contributed by atoms with Crippen LogP contribution >= 0.6 is 0 Å². The van der Waals surface area contributed by atoms with Crippen molar-refractivity contribution in [3.63, 3.8) is 0 Å². The van der Waals surface area contributed by atoms with E-state index < -0.39 is 11.6 Å². The molecule has 0 aromatic heterocycles. The molecule has 5 aliphatic rings. The van der Waals surface area contributed by atoms with Gasteiger partial charge in [-0.15, -0.1) is 0 Å². The third-order valence-corrected chi connectivity index (χ3v) is 11.9. The zero-order valence-corrected chi connectivity index (χ0v) is 24.1. The van der Waals surface area contributed by atoms with E-state index in [2.05, 4.69) is 46.8 Å². The van der Waals surface area contributed by atoms with Crippen molar-refractivity contribution in [3.05, 3.63) is 46.3 Å². The summed E-state index contributed by atoms with van der Waals surface area (Å²) in [5.41, 5.74) is 9.38. The summed E-state index contributed by atoms with van der Waals surface area (Å²) >= 11 is 0. The first-order valence-corrected chi connectivity index (χ1v) is 14.2. The van der Waals surface area contributed by atoms with Crippen molar-refractivity contribution in [2.75, 3.05) is 6.61 Å². The van der Waals surface area contributed by atoms with Gasteiger partial charge in [-0.05, 0) is 98.2 Å². The largest absolute Gasteiger partial charge is 0.513 e. The second-order valence-electron chi connectivity index (χ2n) is 13.7. The van der Waals surface area contributed by atoms with Crippen molar-refractivity contribution >= 4 is 17.8 Å². The van der Waals surface area contributed by atoms with Gasteiger partial charge >= 0.3 is 6.16 Å². The number of nitrogens with two attached hydrogens (primary N) is 1. The van der Waals surface area contributed by atoms with Crippen LogP contribution in [0.5, 0.6) is 0 Å². The van der Waals surface area contributed by atoms with Gasteiger partial charge in [-0.25, -0.2) is 4.79 Å². The van der Waals surface area contributed by atoms with Crippen LogP contribution in [0.2, 0.25) is 0 Å². The van der Waals surface area contributed by atoms with Crippen LogP contribution in [0, 0.1) is 33.0 Å². The number of amides is 1. The lowest BCUT2D eigenvalue weighted by molar-refractivity contribution is -0.167. The smallest absolute Gasteiger partial charge is 0.434 e. The number of hydrogen-bond donors (Lipinski definition) is 1. The summed E-state index contributed by atoms with van der Waals surface area (Å²) in [7, 11) is 0. The Bertz CT molecular complexity index is 1250. The maximum absolute atomic E-state index is 13.2. The van der Waals surface area contributed by atoms with Gasteiger partial charge in [0.2, 0.25) is 11.7 Å². The highest BCUT2D eigenvalue weighted by molar-refractivity contribution is 6.08. The van der Waals surface area contributed by atoms with Gasteiger partial charge in [0.1, 0.15) is 0 Å². The minimum Gasteiger partial charge on any atom is -0.434 e. The number of allylic oxidation sites excluding steroid dienone is 7. The highest BCUT2D eigenvalue weighted by Gasteiger charge is 2.67. The van der Waals surface area contributed by atoms with Crippen molar-refractivity contribution < 1.29 is 23.9 Å². The summed E-state index contributed by atoms with van der Waals surface area (Å²) in [4.78, 5) is 37.8. The fourth-order valence-corrected chi connectivity index (χ4v) is 9.03. The van der Waals surface area contributed by atoms with E-state index in [1.54, 1.807) is 13.0 Å². The highest BCUT2D eigenvalue weighted by Crippen LogP contribution is 2.75. The van der Waals surface area contributed by atoms with Crippen molar-refractivity contribution in [3.8, 4) is 0 Å². The van der Waals surface area contributed by atoms with Crippen molar-refractivity contribution in [2.45, 2.75) is 93.4 Å². The molecule has 0 radical (unpaired) electrons. The molecular formula is C32H43NO5. The molecule has 6 nitrogen and oxygen atoms in total. The maximum atomic E-state index is 13.2. The Morgan fingerprint density at radius 2 is 1.68 bits per heavy atom. The Morgan fingerprint density at radius 3 is 2.34 bits per heavy atom. The predicted molar refractivity (Wildman–Crippen MR) is 146 cm³/mol. The number of carbonyl (C=O) groups is 3. The molecule has 5 aliphatic carbocycles. The number of rotatable bonds is 3. The van der Waals surface area contributed by atoms with Crippen LogP contribution in [0.4, 0.5) is 4.79 Å². The van der Waals surface area contributed by atoms with Crippen LogP contribution in [-0.4, -0.2) is 24.5 Å². The predicted octanol–water partition coefficient (Wildman–Crippen LogP) is 6.71. The number of carbonyl (C=O) groups excluding carboxylic acids is 3. The molecule has 38 heavy (non-hydrogen) atoms. The first-order chi connectivity index (χ1) is 17.7. The van der Waals surface area contributed by atoms with Gasteiger partial charge in [-0.1, -0.05) is 52.3 Å². The first-order valence-electron chi connectivity index (χ1n) is 14.2. The van der Waals surface area contributed by atoms with E-state index in [4.69, 9.17) is 15.2 Å². The van der Waals surface area contributed by atoms with E-state index in [9.17, 15) is 14.4 Å². The average Bonchev–Trinajstić information content (AvgIpc) is 2.85. The van der Waals surface area contributed by atoms with Crippen LogP contribution in [0.1, 0.15) is 93.4 Å². The molecule has 1 amide bonds. The van der Waals surface area contributed by atoms with E-state index in [1.165, 1.54) is 5.57 Å². The SMILES string of the molecule is CCOC(=O)OC1=C(C)C2=CC=C3[C@@](C)(CC[C@@]4(C)C5C[C@](C)(C(N)=O)CC[C@]5(C)CC[C@]34C)C2=CC1=O. The fourth-order valence-electron chi connectivity index (χ4n) is 9.03. The summed E-state index contributed by atoms with van der Waals surface area (Å²) in [6.07, 6.45) is 12.1. The van der Waals surface area contributed by atoms with E-state index in [1.807, 2.05) is 6.92 Å². The molecule has 0 spiro atoms. The molecule has 6 heteroatoms. The highest BCUT2D eigenvalue weighted by atomic mass is 16.7. The Labute approximate surface area is 226 Å². The molecular weight excluding hydrogens is 478 g/mol. The van der Waals surface area contributed by atoms with Crippen LogP contribution < -0.4 is 5.73 Å². The summed E-state index contributed by atoms with van der Waals surface area (Å²) < 4.78 is 10.2. The second kappa shape index (κ2) is 8.43. The maximum Gasteiger partial charge on any atom is 0.513 e. The van der Waals surface area contributed by atoms with Crippen LogP contribution in [0.15, 0.2) is 46.3 Å². The molecule has 5 rings (SSSR count). The monoisotopic (exact) mass is 521 g/mol. The summed E-state index contributed by atoms with van der Waals surface area (Å²) in [6.45, 7) is 15.4. The van der Waals surface area contributed by atoms with Crippen molar-refractivity contribution in [1.82, 2.24) is 0 Å². The van der Waals surface area contributed by atoms with Gasteiger partial charge in [0.15, 0.2) is 5.76 Å². The second-order valence-corrected chi connectivity index (χ2v) is 13.7. The Balaban J connectivity index is 1.58. The van der Waals surface area contributed by atoms with Crippen LogP contribution in [0.25, 0.3) is 0 Å². The van der Waals surface area contributed by atoms with Crippen molar-refractivity contribution in [1.29, 1.82) is 0 Å². The van der Waals surface area contributed by atoms with E-state index >= 15 is 0 Å². The van der Waals surface area contributed by atoms with Gasteiger partial charge in [0.05, 0.1) is 6.61 Å². The van der Waals surface area contributed by atoms with E-state index in [-0.39, 0.29) is 45.7 Å². The molecule has 0 aliphatic heterocycles. The number of hydrogen-bond acceptors (Lipinski definition) is 5. The summed E-state index contributed by atoms with van der Waals surface area (Å²) in [5, 5.41) is 0. The first kappa shape index (κ1) is 27.0. The zero-order chi connectivity index (χ0) is 27.9. The summed E-state index contributed by atoms with van der Waals surface area (Å²) in [5.74, 6) is -0.0185. The standard InChI is InChI=1S/C32H43NO5/c1-8-37-27(36)38-25-19(2)20-9-10-23-30(5,21(20)17-22(25)34)14-16-32(7)24-18-29(4,26(33)35)12-11-28(24,3)13-15-31(23,32)6/h9-10,17,24H,8,11-16,18H2,1-7H3,(H2,33,35)/t24?,28-,29-,30+,31-,32+/m1/s1. The topological polar surface area (TPSA) is 95.7 Å². The normalized spacial score (nSPS) is 41.9. The Kier molecular flexibility index (Phi) is 5.98. The van der Waals surface area contributed by atoms with Crippen molar-refractivity contribution in [2.24, 2.45) is 38.7 Å². The van der Waals surface area contributed by atoms with Gasteiger partial charge in [0.25, 0.3) is 0 Å². The molecule has 0 saturated heterocycles. The quantitative estimate of drug-likeness (QED) is 0.416. The molecule has 0 heterocycles. The van der Waals surface area contributed by atoms with Gasteiger partial charge in [-0.2, -0.15) is 0 Å². The van der Waals surface area contributed by atoms with Gasteiger partial charge in [-0.3, -0.25) is 9.59 Å². The fraction of sp³-hybridized carbons (Fsp3) is 0.656. The van der Waals surface area contributed by atoms with E-state index in [0.717, 1.165) is 56.1 Å². The molecule has 206 valence electrons. The Hall–Kier alpha value is -2.63. The minimum absolute atomic E-state index is 0.0100. The lowest BCUT2D eigenvalue weighted by Gasteiger charge is -2.70. The molecule has 2 N–H and O–H groups in total. The van der Waals surface area contributed by atoms with Crippen LogP contribution in [0.3, 0.4) is 0 Å².